The largest absolute Gasteiger partial charge is 0.426 e. The number of rotatable bonds is 1. The van der Waals surface area contributed by atoms with Crippen LogP contribution in [0.25, 0.3) is 6.08 Å². The van der Waals surface area contributed by atoms with Gasteiger partial charge in [-0.1, -0.05) is 17.7 Å². The normalized spacial score (nSPS) is 13.5. The van der Waals surface area contributed by atoms with Crippen LogP contribution in [0.15, 0.2) is 22.5 Å². The van der Waals surface area contributed by atoms with Gasteiger partial charge in [-0.2, -0.15) is 13.2 Å². The second kappa shape index (κ2) is 3.49. The summed E-state index contributed by atoms with van der Waals surface area (Å²) < 4.78 is 35.5. The molecule has 0 aromatic carbocycles. The maximum absolute atomic E-state index is 11.8. The summed E-state index contributed by atoms with van der Waals surface area (Å²) in [4.78, 5) is 0.498. The Kier molecular flexibility index (Phi) is 2.80. The van der Waals surface area contributed by atoms with E-state index in [-0.39, 0.29) is 0 Å². The zero-order chi connectivity index (χ0) is 9.19. The Morgan fingerprint density at radius 1 is 1.50 bits per heavy atom. The Morgan fingerprint density at radius 3 is 2.58 bits per heavy atom. The predicted molar refractivity (Wildman–Crippen MR) is 44.2 cm³/mol. The molecule has 0 unspecified atom stereocenters. The molecule has 0 bridgehead atoms. The molecule has 0 aliphatic carbocycles. The third-order valence-corrected chi connectivity index (χ3v) is 2.23. The van der Waals surface area contributed by atoms with E-state index in [0.29, 0.717) is 4.88 Å². The van der Waals surface area contributed by atoms with Crippen molar-refractivity contribution in [1.29, 1.82) is 0 Å². The summed E-state index contributed by atoms with van der Waals surface area (Å²) in [5, 5.41) is 0.594. The van der Waals surface area contributed by atoms with E-state index in [1.807, 2.05) is 0 Å². The Bertz CT molecular complexity index is 273. The highest BCUT2D eigenvalue weighted by atomic mass is 35.5. The molecule has 1 aromatic rings. The molecule has 66 valence electrons. The number of allylic oxidation sites excluding steroid dienone is 1. The molecule has 0 spiro atoms. The fraction of sp³-hybridized carbons (Fsp3) is 0.143. The van der Waals surface area contributed by atoms with Crippen LogP contribution in [0.3, 0.4) is 0 Å². The van der Waals surface area contributed by atoms with Gasteiger partial charge < -0.3 is 0 Å². The molecule has 12 heavy (non-hydrogen) atoms. The monoisotopic (exact) mass is 212 g/mol. The van der Waals surface area contributed by atoms with Crippen molar-refractivity contribution in [3.63, 3.8) is 0 Å². The van der Waals surface area contributed by atoms with Crippen molar-refractivity contribution in [2.24, 2.45) is 0 Å². The molecular formula is C7H4ClF3S. The van der Waals surface area contributed by atoms with E-state index in [1.54, 1.807) is 17.5 Å². The summed E-state index contributed by atoms with van der Waals surface area (Å²) in [5.41, 5.74) is 0. The molecule has 0 saturated carbocycles. The van der Waals surface area contributed by atoms with E-state index >= 15 is 0 Å². The topological polar surface area (TPSA) is 0 Å². The average molecular weight is 213 g/mol. The van der Waals surface area contributed by atoms with Crippen LogP contribution in [0.1, 0.15) is 4.88 Å². The molecule has 1 heterocycles. The van der Waals surface area contributed by atoms with Crippen LogP contribution in [-0.2, 0) is 0 Å². The summed E-state index contributed by atoms with van der Waals surface area (Å²) in [6.07, 6.45) is -3.53. The van der Waals surface area contributed by atoms with Crippen molar-refractivity contribution in [2.45, 2.75) is 6.18 Å². The van der Waals surface area contributed by atoms with Crippen LogP contribution in [-0.4, -0.2) is 6.18 Å². The number of alkyl halides is 3. The van der Waals surface area contributed by atoms with E-state index in [4.69, 9.17) is 11.6 Å². The second-order valence-corrected chi connectivity index (χ2v) is 3.39. The van der Waals surface area contributed by atoms with Gasteiger partial charge in [0.15, 0.2) is 0 Å². The Hall–Kier alpha value is -0.480. The van der Waals surface area contributed by atoms with Crippen molar-refractivity contribution >= 4 is 29.0 Å². The van der Waals surface area contributed by atoms with Crippen LogP contribution in [0.5, 0.6) is 0 Å². The van der Waals surface area contributed by atoms with Crippen molar-refractivity contribution in [1.82, 2.24) is 0 Å². The Balaban J connectivity index is 2.84. The minimum Gasteiger partial charge on any atom is -0.165 e. The average Bonchev–Trinajstić information content (AvgIpc) is 2.37. The third-order valence-electron chi connectivity index (χ3n) is 1.08. The van der Waals surface area contributed by atoms with Gasteiger partial charge in [0, 0.05) is 4.88 Å². The molecule has 0 atom stereocenters. The summed E-state index contributed by atoms with van der Waals surface area (Å²) in [5.74, 6) is 0. The number of thiophene rings is 1. The molecule has 0 fully saturated rings. The van der Waals surface area contributed by atoms with E-state index in [9.17, 15) is 13.2 Å². The van der Waals surface area contributed by atoms with E-state index in [0.717, 1.165) is 6.08 Å². The maximum atomic E-state index is 11.8. The third kappa shape index (κ3) is 2.53. The summed E-state index contributed by atoms with van der Waals surface area (Å²) >= 11 is 6.20. The Labute approximate surface area is 76.3 Å². The van der Waals surface area contributed by atoms with Gasteiger partial charge in [-0.05, 0) is 17.5 Å². The molecule has 0 saturated heterocycles. The Morgan fingerprint density at radius 2 is 2.17 bits per heavy atom. The fourth-order valence-corrected chi connectivity index (χ4v) is 1.42. The lowest BCUT2D eigenvalue weighted by Gasteiger charge is -2.02. The first-order chi connectivity index (χ1) is 5.50. The highest BCUT2D eigenvalue weighted by molar-refractivity contribution is 7.10. The lowest BCUT2D eigenvalue weighted by molar-refractivity contribution is -0.0836. The van der Waals surface area contributed by atoms with Gasteiger partial charge in [-0.3, -0.25) is 0 Å². The van der Waals surface area contributed by atoms with Gasteiger partial charge in [0.2, 0.25) is 0 Å². The van der Waals surface area contributed by atoms with Crippen molar-refractivity contribution in [2.75, 3.05) is 0 Å². The first kappa shape index (κ1) is 9.61. The van der Waals surface area contributed by atoms with Gasteiger partial charge >= 0.3 is 6.18 Å². The lowest BCUT2D eigenvalue weighted by Crippen LogP contribution is -2.06. The first-order valence-corrected chi connectivity index (χ1v) is 4.24. The standard InChI is InChI=1S/C7H4ClF3S/c8-6(7(9,10)11)4-5-2-1-3-12-5/h1-4H. The highest BCUT2D eigenvalue weighted by Crippen LogP contribution is 2.30. The maximum Gasteiger partial charge on any atom is 0.426 e. The molecular weight excluding hydrogens is 209 g/mol. The summed E-state index contributed by atoms with van der Waals surface area (Å²) in [7, 11) is 0. The smallest absolute Gasteiger partial charge is 0.165 e. The van der Waals surface area contributed by atoms with Crippen LogP contribution in [0.4, 0.5) is 13.2 Å². The van der Waals surface area contributed by atoms with Gasteiger partial charge in [0.25, 0.3) is 0 Å². The minimum atomic E-state index is -4.44. The van der Waals surface area contributed by atoms with Crippen LogP contribution < -0.4 is 0 Å². The minimum absolute atomic E-state index is 0.498. The number of hydrogen-bond acceptors (Lipinski definition) is 1. The molecule has 0 aliphatic rings. The van der Waals surface area contributed by atoms with E-state index < -0.39 is 11.2 Å². The second-order valence-electron chi connectivity index (χ2n) is 2.01. The lowest BCUT2D eigenvalue weighted by atomic mass is 10.4. The van der Waals surface area contributed by atoms with Crippen molar-refractivity contribution < 1.29 is 13.2 Å². The van der Waals surface area contributed by atoms with Gasteiger partial charge in [0.05, 0.1) is 0 Å². The van der Waals surface area contributed by atoms with Crippen LogP contribution >= 0.6 is 22.9 Å². The number of halogens is 4. The molecule has 0 nitrogen and oxygen atoms in total. The first-order valence-electron chi connectivity index (χ1n) is 2.98. The zero-order valence-electron chi connectivity index (χ0n) is 5.73. The predicted octanol–water partition coefficient (Wildman–Crippen LogP) is 3.89. The summed E-state index contributed by atoms with van der Waals surface area (Å²) in [6.45, 7) is 0. The van der Waals surface area contributed by atoms with Gasteiger partial charge in [-0.25, -0.2) is 0 Å². The van der Waals surface area contributed by atoms with Gasteiger partial charge in [-0.15, -0.1) is 11.3 Å². The molecule has 5 heteroatoms. The van der Waals surface area contributed by atoms with E-state index in [1.165, 1.54) is 11.3 Å². The quantitative estimate of drug-likeness (QED) is 0.663. The molecule has 1 aromatic heterocycles. The fourth-order valence-electron chi connectivity index (χ4n) is 0.580. The zero-order valence-corrected chi connectivity index (χ0v) is 7.30. The van der Waals surface area contributed by atoms with Crippen LogP contribution in [0, 0.1) is 0 Å². The van der Waals surface area contributed by atoms with Crippen molar-refractivity contribution in [3.05, 3.63) is 27.4 Å². The molecule has 0 N–H and O–H groups in total. The molecule has 0 amide bonds. The number of hydrogen-bond donors (Lipinski definition) is 0. The SMILES string of the molecule is FC(F)(F)C(Cl)=Cc1cccs1. The molecule has 0 aliphatic heterocycles. The van der Waals surface area contributed by atoms with Crippen LogP contribution in [0.2, 0.25) is 0 Å². The van der Waals surface area contributed by atoms with E-state index in [2.05, 4.69) is 0 Å². The van der Waals surface area contributed by atoms with Gasteiger partial charge in [0.1, 0.15) is 5.03 Å². The van der Waals surface area contributed by atoms with Crippen molar-refractivity contribution in [3.8, 4) is 0 Å². The summed E-state index contributed by atoms with van der Waals surface area (Å²) in [6, 6.07) is 3.23. The highest BCUT2D eigenvalue weighted by Gasteiger charge is 2.32. The molecule has 1 rings (SSSR count). The molecule has 0 radical (unpaired) electrons.